The molecule has 0 N–H and O–H groups in total. The molecule has 0 aromatic carbocycles. The number of ether oxygens (including phenoxy) is 1. The molecule has 0 unspecified atom stereocenters. The third-order valence-corrected chi connectivity index (χ3v) is 7.15. The van der Waals surface area contributed by atoms with Crippen LogP contribution < -0.4 is 0 Å². The second kappa shape index (κ2) is 4.77. The molecule has 3 aliphatic carbocycles. The first-order valence-corrected chi connectivity index (χ1v) is 8.89. The number of rotatable bonds is 0. The molecular formula is C19H23FO4. The minimum Gasteiger partial charge on any atom is -0.459 e. The topological polar surface area (TPSA) is 60.4 Å². The molecule has 5 heteroatoms. The van der Waals surface area contributed by atoms with Crippen molar-refractivity contribution in [3.63, 3.8) is 0 Å². The minimum atomic E-state index is -1.95. The average Bonchev–Trinajstić information content (AvgIpc) is 2.49. The van der Waals surface area contributed by atoms with Gasteiger partial charge in [0, 0.05) is 36.5 Å². The van der Waals surface area contributed by atoms with Gasteiger partial charge in [-0.3, -0.25) is 14.4 Å². The van der Waals surface area contributed by atoms with Gasteiger partial charge in [0.25, 0.3) is 0 Å². The largest absolute Gasteiger partial charge is 0.459 e. The van der Waals surface area contributed by atoms with E-state index in [2.05, 4.69) is 0 Å². The van der Waals surface area contributed by atoms with Crippen LogP contribution in [0.1, 0.15) is 58.8 Å². The number of ketones is 2. The van der Waals surface area contributed by atoms with E-state index in [1.165, 1.54) is 0 Å². The van der Waals surface area contributed by atoms with Gasteiger partial charge in [-0.15, -0.1) is 0 Å². The van der Waals surface area contributed by atoms with Crippen LogP contribution in [0.15, 0.2) is 11.6 Å². The normalized spacial score (nSPS) is 48.0. The molecule has 0 amide bonds. The van der Waals surface area contributed by atoms with Crippen molar-refractivity contribution in [2.75, 3.05) is 0 Å². The molecule has 0 aromatic rings. The van der Waals surface area contributed by atoms with Crippen molar-refractivity contribution >= 4 is 17.5 Å². The van der Waals surface area contributed by atoms with Crippen molar-refractivity contribution in [3.8, 4) is 0 Å². The summed E-state index contributed by atoms with van der Waals surface area (Å²) in [6.45, 7) is 3.59. The molecule has 0 bridgehead atoms. The molecule has 4 nitrogen and oxygen atoms in total. The monoisotopic (exact) mass is 334 g/mol. The zero-order valence-electron chi connectivity index (χ0n) is 14.2. The molecule has 0 aromatic heterocycles. The summed E-state index contributed by atoms with van der Waals surface area (Å²) in [6.07, 6.45) is 4.24. The quantitative estimate of drug-likeness (QED) is 0.639. The maximum Gasteiger partial charge on any atom is 0.306 e. The van der Waals surface area contributed by atoms with E-state index in [-0.39, 0.29) is 24.1 Å². The van der Waals surface area contributed by atoms with Gasteiger partial charge in [-0.05, 0) is 38.7 Å². The van der Waals surface area contributed by atoms with E-state index in [0.717, 1.165) is 5.57 Å². The van der Waals surface area contributed by atoms with E-state index in [0.29, 0.717) is 38.5 Å². The van der Waals surface area contributed by atoms with Crippen molar-refractivity contribution in [1.82, 2.24) is 0 Å². The molecule has 130 valence electrons. The maximum atomic E-state index is 16.5. The summed E-state index contributed by atoms with van der Waals surface area (Å²) in [6, 6.07) is 0. The van der Waals surface area contributed by atoms with Crippen LogP contribution in [0.25, 0.3) is 0 Å². The Labute approximate surface area is 140 Å². The van der Waals surface area contributed by atoms with E-state index in [1.54, 1.807) is 13.0 Å². The zero-order valence-corrected chi connectivity index (χ0v) is 14.2. The van der Waals surface area contributed by atoms with Crippen LogP contribution in [0.3, 0.4) is 0 Å². The SMILES string of the molecule is C[C@@]12CC(=O)[C@@]3(F)[C@H](CCC4=CC(=O)CC[C@]43C)[C@H]1CCC(=O)O2. The van der Waals surface area contributed by atoms with Gasteiger partial charge in [-0.1, -0.05) is 12.5 Å². The third kappa shape index (κ3) is 1.81. The highest BCUT2D eigenvalue weighted by molar-refractivity contribution is 5.95. The van der Waals surface area contributed by atoms with Crippen LogP contribution in [0, 0.1) is 17.3 Å². The highest BCUT2D eigenvalue weighted by Gasteiger charge is 2.70. The first-order chi connectivity index (χ1) is 11.2. The lowest BCUT2D eigenvalue weighted by molar-refractivity contribution is -0.210. The van der Waals surface area contributed by atoms with Gasteiger partial charge in [0.05, 0.1) is 0 Å². The molecular weight excluding hydrogens is 311 g/mol. The third-order valence-electron chi connectivity index (χ3n) is 7.15. The summed E-state index contributed by atoms with van der Waals surface area (Å²) < 4.78 is 22.0. The second-order valence-corrected chi connectivity index (χ2v) is 8.36. The van der Waals surface area contributed by atoms with E-state index >= 15 is 4.39 Å². The Morgan fingerprint density at radius 2 is 1.79 bits per heavy atom. The van der Waals surface area contributed by atoms with Crippen LogP contribution in [0.2, 0.25) is 0 Å². The number of alkyl halides is 1. The molecule has 0 spiro atoms. The van der Waals surface area contributed by atoms with Crippen LogP contribution in [-0.4, -0.2) is 28.8 Å². The Morgan fingerprint density at radius 3 is 2.54 bits per heavy atom. The van der Waals surface area contributed by atoms with Crippen molar-refractivity contribution < 1.29 is 23.5 Å². The molecule has 1 aliphatic heterocycles. The molecule has 4 rings (SSSR count). The fourth-order valence-corrected chi connectivity index (χ4v) is 5.84. The van der Waals surface area contributed by atoms with Gasteiger partial charge in [-0.2, -0.15) is 0 Å². The number of fused-ring (bicyclic) bond motifs is 5. The molecule has 2 saturated carbocycles. The van der Waals surface area contributed by atoms with E-state index in [1.807, 2.05) is 6.92 Å². The van der Waals surface area contributed by atoms with Crippen molar-refractivity contribution in [2.45, 2.75) is 70.1 Å². The molecule has 3 fully saturated rings. The van der Waals surface area contributed by atoms with E-state index in [4.69, 9.17) is 4.74 Å². The predicted octanol–water partition coefficient (Wildman–Crippen LogP) is 3.09. The van der Waals surface area contributed by atoms with Crippen LogP contribution in [-0.2, 0) is 19.1 Å². The Hall–Kier alpha value is -1.52. The molecule has 24 heavy (non-hydrogen) atoms. The Kier molecular flexibility index (Phi) is 3.17. The first kappa shape index (κ1) is 16.0. The summed E-state index contributed by atoms with van der Waals surface area (Å²) in [5.41, 5.74) is -2.94. The number of carbonyl (C=O) groups is 3. The second-order valence-electron chi connectivity index (χ2n) is 8.36. The number of hydrogen-bond acceptors (Lipinski definition) is 4. The maximum absolute atomic E-state index is 16.5. The Morgan fingerprint density at radius 1 is 1.08 bits per heavy atom. The Balaban J connectivity index is 1.81. The lowest BCUT2D eigenvalue weighted by Gasteiger charge is -2.60. The van der Waals surface area contributed by atoms with Crippen LogP contribution >= 0.6 is 0 Å². The standard InChI is InChI=1S/C19H23FO4/c1-17-8-7-12(21)9-11(17)3-4-14-13-5-6-16(23)24-18(13,2)10-15(22)19(14,17)20/h9,13-14H,3-8,10H2,1-2H3/t13-,14-,17-,18-,19+/m1/s1. The van der Waals surface area contributed by atoms with Crippen molar-refractivity contribution in [2.24, 2.45) is 17.3 Å². The first-order valence-electron chi connectivity index (χ1n) is 8.89. The summed E-state index contributed by atoms with van der Waals surface area (Å²) in [4.78, 5) is 36.5. The lowest BCUT2D eigenvalue weighted by atomic mass is 9.46. The number of allylic oxidation sites excluding steroid dienone is 2. The van der Waals surface area contributed by atoms with Gasteiger partial charge in [0.15, 0.2) is 17.2 Å². The highest BCUT2D eigenvalue weighted by atomic mass is 19.1. The number of carbonyl (C=O) groups excluding carboxylic acids is 3. The van der Waals surface area contributed by atoms with Gasteiger partial charge < -0.3 is 4.74 Å². The number of esters is 1. The molecule has 4 aliphatic rings. The predicted molar refractivity (Wildman–Crippen MR) is 83.8 cm³/mol. The van der Waals surface area contributed by atoms with E-state index in [9.17, 15) is 14.4 Å². The summed E-state index contributed by atoms with van der Waals surface area (Å²) in [5.74, 6) is -1.28. The van der Waals surface area contributed by atoms with Crippen molar-refractivity contribution in [3.05, 3.63) is 11.6 Å². The summed E-state index contributed by atoms with van der Waals surface area (Å²) >= 11 is 0. The van der Waals surface area contributed by atoms with Gasteiger partial charge in [0.1, 0.15) is 5.60 Å². The molecule has 1 heterocycles. The number of halogens is 1. The van der Waals surface area contributed by atoms with Crippen LogP contribution in [0.4, 0.5) is 4.39 Å². The van der Waals surface area contributed by atoms with Crippen LogP contribution in [0.5, 0.6) is 0 Å². The Bertz CT molecular complexity index is 683. The molecule has 1 saturated heterocycles. The van der Waals surface area contributed by atoms with Gasteiger partial charge >= 0.3 is 5.97 Å². The van der Waals surface area contributed by atoms with Gasteiger partial charge in [-0.25, -0.2) is 4.39 Å². The smallest absolute Gasteiger partial charge is 0.306 e. The molecule has 5 atom stereocenters. The zero-order chi connectivity index (χ0) is 17.3. The molecule has 0 radical (unpaired) electrons. The highest BCUT2D eigenvalue weighted by Crippen LogP contribution is 2.64. The van der Waals surface area contributed by atoms with E-state index < -0.39 is 28.4 Å². The number of Topliss-reactive ketones (excluding diaryl/α,β-unsaturated/α-hetero) is 1. The van der Waals surface area contributed by atoms with Crippen molar-refractivity contribution in [1.29, 1.82) is 0 Å². The lowest BCUT2D eigenvalue weighted by Crippen LogP contribution is -2.68. The minimum absolute atomic E-state index is 0.0317. The fraction of sp³-hybridized carbons (Fsp3) is 0.737. The summed E-state index contributed by atoms with van der Waals surface area (Å²) in [7, 11) is 0. The fourth-order valence-electron chi connectivity index (χ4n) is 5.84. The average molecular weight is 334 g/mol. The van der Waals surface area contributed by atoms with Gasteiger partial charge in [0.2, 0.25) is 0 Å². The summed E-state index contributed by atoms with van der Waals surface area (Å²) in [5, 5.41) is 0. The number of hydrogen-bond donors (Lipinski definition) is 0.